The summed E-state index contributed by atoms with van der Waals surface area (Å²) in [6, 6.07) is 14.8. The fraction of sp³-hybridized carbons (Fsp3) is 0.182. The minimum Gasteiger partial charge on any atom is -0.460 e. The minimum absolute atomic E-state index is 0.0586. The highest BCUT2D eigenvalue weighted by molar-refractivity contribution is 5.95. The predicted octanol–water partition coefficient (Wildman–Crippen LogP) is 3.33. The van der Waals surface area contributed by atoms with Crippen LogP contribution in [0.25, 0.3) is 12.2 Å². The number of ether oxygens (including phenoxy) is 2. The van der Waals surface area contributed by atoms with Crippen molar-refractivity contribution in [1.82, 2.24) is 0 Å². The number of nitrogens with two attached hydrogens (primary N) is 1. The van der Waals surface area contributed by atoms with Gasteiger partial charge in [-0.15, -0.1) is 0 Å². The monoisotopic (exact) mass is 365 g/mol. The molecule has 5 heteroatoms. The van der Waals surface area contributed by atoms with E-state index in [1.54, 1.807) is 12.2 Å². The van der Waals surface area contributed by atoms with Crippen molar-refractivity contribution < 1.29 is 19.1 Å². The lowest BCUT2D eigenvalue weighted by Crippen LogP contribution is -2.34. The van der Waals surface area contributed by atoms with Crippen molar-refractivity contribution >= 4 is 24.1 Å². The molecule has 0 unspecified atom stereocenters. The second kappa shape index (κ2) is 10.1. The average molecular weight is 365 g/mol. The van der Waals surface area contributed by atoms with Crippen molar-refractivity contribution in [2.75, 3.05) is 6.54 Å². The molecule has 0 aliphatic heterocycles. The molecule has 0 amide bonds. The topological polar surface area (TPSA) is 78.6 Å². The molecule has 2 aromatic rings. The molecule has 2 aromatic carbocycles. The first-order chi connectivity index (χ1) is 13.1. The van der Waals surface area contributed by atoms with E-state index in [4.69, 9.17) is 15.2 Å². The van der Waals surface area contributed by atoms with Gasteiger partial charge >= 0.3 is 11.9 Å². The van der Waals surface area contributed by atoms with E-state index in [1.165, 1.54) is 0 Å². The number of esters is 2. The number of carbonyl (C=O) groups is 2. The van der Waals surface area contributed by atoms with Gasteiger partial charge in [0.2, 0.25) is 0 Å². The molecule has 0 atom stereocenters. The fourth-order valence-corrected chi connectivity index (χ4v) is 2.30. The van der Waals surface area contributed by atoms with Gasteiger partial charge in [-0.1, -0.05) is 73.8 Å². The number of benzene rings is 2. The van der Waals surface area contributed by atoms with Crippen LogP contribution in [0.2, 0.25) is 0 Å². The first-order valence-electron chi connectivity index (χ1n) is 8.53. The lowest BCUT2D eigenvalue weighted by molar-refractivity contribution is -0.163. The summed E-state index contributed by atoms with van der Waals surface area (Å²) in [6.07, 6.45) is 3.45. The Morgan fingerprint density at radius 2 is 1.19 bits per heavy atom. The standard InChI is InChI=1S/C22H23NO4/c1-3-16-5-9-18(10-6-16)14-26-21(24)20(13-23)22(25)27-15-19-11-7-17(4-2)8-12-19/h3-12,20H,1-2,13-15,23H2. The minimum atomic E-state index is -1.15. The van der Waals surface area contributed by atoms with Crippen LogP contribution >= 0.6 is 0 Å². The van der Waals surface area contributed by atoms with Crippen LogP contribution < -0.4 is 5.73 Å². The van der Waals surface area contributed by atoms with Gasteiger partial charge in [-0.2, -0.15) is 0 Å². The van der Waals surface area contributed by atoms with Gasteiger partial charge < -0.3 is 15.2 Å². The second-order valence-electron chi connectivity index (χ2n) is 5.90. The zero-order valence-electron chi connectivity index (χ0n) is 15.1. The maximum Gasteiger partial charge on any atom is 0.321 e. The van der Waals surface area contributed by atoms with Crippen molar-refractivity contribution in [1.29, 1.82) is 0 Å². The summed E-state index contributed by atoms with van der Waals surface area (Å²) < 4.78 is 10.4. The molecule has 0 saturated carbocycles. The van der Waals surface area contributed by atoms with Crippen molar-refractivity contribution in [2.24, 2.45) is 11.7 Å². The van der Waals surface area contributed by atoms with E-state index in [0.717, 1.165) is 22.3 Å². The summed E-state index contributed by atoms with van der Waals surface area (Å²) in [5.41, 5.74) is 9.11. The summed E-state index contributed by atoms with van der Waals surface area (Å²) in [7, 11) is 0. The average Bonchev–Trinajstić information content (AvgIpc) is 2.72. The van der Waals surface area contributed by atoms with Crippen LogP contribution in [0.4, 0.5) is 0 Å². The molecule has 0 bridgehead atoms. The Morgan fingerprint density at radius 1 is 0.815 bits per heavy atom. The van der Waals surface area contributed by atoms with Crippen LogP contribution in [0.15, 0.2) is 61.7 Å². The summed E-state index contributed by atoms with van der Waals surface area (Å²) in [4.78, 5) is 24.4. The SMILES string of the molecule is C=Cc1ccc(COC(=O)C(CN)C(=O)OCc2ccc(C=C)cc2)cc1. The number of carbonyl (C=O) groups excluding carboxylic acids is 2. The highest BCUT2D eigenvalue weighted by Crippen LogP contribution is 2.11. The zero-order valence-corrected chi connectivity index (χ0v) is 15.1. The Hall–Kier alpha value is -3.18. The molecule has 0 aromatic heterocycles. The Kier molecular flexibility index (Phi) is 7.52. The number of rotatable bonds is 9. The Morgan fingerprint density at radius 3 is 1.48 bits per heavy atom. The quantitative estimate of drug-likeness (QED) is 0.545. The molecular formula is C22H23NO4. The Labute approximate surface area is 159 Å². The van der Waals surface area contributed by atoms with E-state index in [2.05, 4.69) is 13.2 Å². The Bertz CT molecular complexity index is 727. The largest absolute Gasteiger partial charge is 0.460 e. The predicted molar refractivity (Wildman–Crippen MR) is 105 cm³/mol. The third-order valence-corrected chi connectivity index (χ3v) is 4.00. The third kappa shape index (κ3) is 5.94. The number of hydrogen-bond donors (Lipinski definition) is 1. The molecule has 0 aliphatic carbocycles. The van der Waals surface area contributed by atoms with E-state index in [0.29, 0.717) is 0 Å². The van der Waals surface area contributed by atoms with E-state index in [1.807, 2.05) is 48.5 Å². The molecule has 0 saturated heterocycles. The van der Waals surface area contributed by atoms with E-state index in [-0.39, 0.29) is 19.8 Å². The maximum atomic E-state index is 12.2. The summed E-state index contributed by atoms with van der Waals surface area (Å²) in [6.45, 7) is 7.30. The van der Waals surface area contributed by atoms with Crippen LogP contribution in [0.5, 0.6) is 0 Å². The second-order valence-corrected chi connectivity index (χ2v) is 5.90. The molecular weight excluding hydrogens is 342 g/mol. The highest BCUT2D eigenvalue weighted by Gasteiger charge is 2.28. The lowest BCUT2D eigenvalue weighted by Gasteiger charge is -2.14. The van der Waals surface area contributed by atoms with Crippen LogP contribution in [-0.2, 0) is 32.3 Å². The molecule has 5 nitrogen and oxygen atoms in total. The molecule has 0 heterocycles. The van der Waals surface area contributed by atoms with E-state index in [9.17, 15) is 9.59 Å². The first kappa shape index (κ1) is 20.1. The maximum absolute atomic E-state index is 12.2. The van der Waals surface area contributed by atoms with Crippen molar-refractivity contribution in [3.8, 4) is 0 Å². The van der Waals surface area contributed by atoms with Crippen LogP contribution in [0, 0.1) is 5.92 Å². The summed E-state index contributed by atoms with van der Waals surface area (Å²) in [5, 5.41) is 0. The molecule has 2 rings (SSSR count). The normalized spacial score (nSPS) is 10.3. The van der Waals surface area contributed by atoms with Crippen LogP contribution in [0.3, 0.4) is 0 Å². The first-order valence-corrected chi connectivity index (χ1v) is 8.53. The van der Waals surface area contributed by atoms with Crippen molar-refractivity contribution in [3.05, 3.63) is 83.9 Å². The van der Waals surface area contributed by atoms with Gasteiger partial charge in [-0.05, 0) is 22.3 Å². The van der Waals surface area contributed by atoms with Crippen molar-refractivity contribution in [2.45, 2.75) is 13.2 Å². The van der Waals surface area contributed by atoms with Crippen LogP contribution in [0.1, 0.15) is 22.3 Å². The molecule has 2 N–H and O–H groups in total. The molecule has 140 valence electrons. The van der Waals surface area contributed by atoms with Gasteiger partial charge in [0.05, 0.1) is 0 Å². The Balaban J connectivity index is 1.86. The van der Waals surface area contributed by atoms with E-state index >= 15 is 0 Å². The summed E-state index contributed by atoms with van der Waals surface area (Å²) in [5.74, 6) is -2.54. The van der Waals surface area contributed by atoms with Gasteiger partial charge in [0, 0.05) is 6.54 Å². The van der Waals surface area contributed by atoms with Gasteiger partial charge in [-0.25, -0.2) is 0 Å². The molecule has 0 radical (unpaired) electrons. The smallest absolute Gasteiger partial charge is 0.321 e. The van der Waals surface area contributed by atoms with Gasteiger partial charge in [-0.3, -0.25) is 9.59 Å². The lowest BCUT2D eigenvalue weighted by atomic mass is 10.1. The van der Waals surface area contributed by atoms with Gasteiger partial charge in [0.1, 0.15) is 13.2 Å². The van der Waals surface area contributed by atoms with Gasteiger partial charge in [0.15, 0.2) is 5.92 Å². The van der Waals surface area contributed by atoms with Crippen molar-refractivity contribution in [3.63, 3.8) is 0 Å². The van der Waals surface area contributed by atoms with E-state index < -0.39 is 17.9 Å². The summed E-state index contributed by atoms with van der Waals surface area (Å²) >= 11 is 0. The van der Waals surface area contributed by atoms with Gasteiger partial charge in [0.25, 0.3) is 0 Å². The number of hydrogen-bond acceptors (Lipinski definition) is 5. The molecule has 27 heavy (non-hydrogen) atoms. The molecule has 0 spiro atoms. The zero-order chi connectivity index (χ0) is 19.6. The third-order valence-electron chi connectivity index (χ3n) is 4.00. The molecule has 0 aliphatic rings. The van der Waals surface area contributed by atoms with Crippen LogP contribution in [-0.4, -0.2) is 18.5 Å². The highest BCUT2D eigenvalue weighted by atomic mass is 16.6. The molecule has 0 fully saturated rings. The fourth-order valence-electron chi connectivity index (χ4n) is 2.30.